The Morgan fingerprint density at radius 2 is 2.44 bits per heavy atom. The van der Waals surface area contributed by atoms with Crippen LogP contribution in [-0.2, 0) is 9.53 Å². The molecule has 4 heteroatoms. The minimum Gasteiger partial charge on any atom is -0.479 e. The normalized spacial score (nSPS) is 34.8. The number of carboxylic acid groups (broad SMARTS) is 1. The van der Waals surface area contributed by atoms with Crippen molar-refractivity contribution >= 4 is 5.97 Å². The number of carboxylic acids is 1. The summed E-state index contributed by atoms with van der Waals surface area (Å²) in [5, 5.41) is 8.35. The standard InChI is InChI=1S/C5H9NO3/c6-3-1-4(5(7)8)9-2-3/h3-4H,1-2,6H2,(H,7,8)/t3-,4-/m0/s1. The molecule has 1 saturated heterocycles. The van der Waals surface area contributed by atoms with Gasteiger partial charge in [-0.1, -0.05) is 0 Å². The predicted octanol–water partition coefficient (Wildman–Crippen LogP) is -0.813. The Hall–Kier alpha value is -0.610. The minimum absolute atomic E-state index is 0.0916. The molecular weight excluding hydrogens is 122 g/mol. The van der Waals surface area contributed by atoms with Gasteiger partial charge in [0.05, 0.1) is 6.61 Å². The van der Waals surface area contributed by atoms with Crippen LogP contribution in [0.1, 0.15) is 6.42 Å². The van der Waals surface area contributed by atoms with Crippen molar-refractivity contribution in [1.82, 2.24) is 0 Å². The second-order valence-electron chi connectivity index (χ2n) is 2.16. The van der Waals surface area contributed by atoms with E-state index >= 15 is 0 Å². The summed E-state index contributed by atoms with van der Waals surface area (Å²) in [6, 6.07) is -0.0916. The molecule has 9 heavy (non-hydrogen) atoms. The molecule has 1 heterocycles. The fraction of sp³-hybridized carbons (Fsp3) is 0.800. The lowest BCUT2D eigenvalue weighted by atomic mass is 10.2. The first kappa shape index (κ1) is 6.51. The van der Waals surface area contributed by atoms with Gasteiger partial charge in [-0.15, -0.1) is 0 Å². The van der Waals surface area contributed by atoms with Gasteiger partial charge in [0.15, 0.2) is 6.10 Å². The summed E-state index contributed by atoms with van der Waals surface area (Å²) in [5.41, 5.74) is 5.37. The van der Waals surface area contributed by atoms with Crippen molar-refractivity contribution in [1.29, 1.82) is 0 Å². The lowest BCUT2D eigenvalue weighted by Crippen LogP contribution is -2.22. The van der Waals surface area contributed by atoms with Crippen LogP contribution < -0.4 is 5.73 Å². The summed E-state index contributed by atoms with van der Waals surface area (Å²) < 4.78 is 4.80. The number of carbonyl (C=O) groups is 1. The Morgan fingerprint density at radius 3 is 2.67 bits per heavy atom. The van der Waals surface area contributed by atoms with E-state index in [0.29, 0.717) is 13.0 Å². The molecule has 0 aromatic rings. The molecule has 0 aromatic heterocycles. The fourth-order valence-electron chi connectivity index (χ4n) is 0.823. The van der Waals surface area contributed by atoms with Crippen molar-refractivity contribution in [3.05, 3.63) is 0 Å². The zero-order chi connectivity index (χ0) is 6.85. The third kappa shape index (κ3) is 1.40. The average Bonchev–Trinajstić information content (AvgIpc) is 2.14. The van der Waals surface area contributed by atoms with Crippen molar-refractivity contribution in [2.45, 2.75) is 18.6 Å². The summed E-state index contributed by atoms with van der Waals surface area (Å²) in [7, 11) is 0. The Morgan fingerprint density at radius 1 is 1.78 bits per heavy atom. The number of nitrogens with two attached hydrogens (primary N) is 1. The Balaban J connectivity index is 2.39. The third-order valence-electron chi connectivity index (χ3n) is 1.30. The molecule has 2 atom stereocenters. The van der Waals surface area contributed by atoms with Crippen LogP contribution >= 0.6 is 0 Å². The maximum Gasteiger partial charge on any atom is 0.332 e. The van der Waals surface area contributed by atoms with Gasteiger partial charge >= 0.3 is 5.97 Å². The van der Waals surface area contributed by atoms with Gasteiger partial charge in [-0.3, -0.25) is 0 Å². The quantitative estimate of drug-likeness (QED) is 0.488. The molecule has 0 amide bonds. The summed E-state index contributed by atoms with van der Waals surface area (Å²) >= 11 is 0. The van der Waals surface area contributed by atoms with Gasteiger partial charge in [0.2, 0.25) is 0 Å². The molecule has 1 fully saturated rings. The molecule has 1 rings (SSSR count). The molecule has 52 valence electrons. The topological polar surface area (TPSA) is 72.5 Å². The second-order valence-corrected chi connectivity index (χ2v) is 2.16. The van der Waals surface area contributed by atoms with Crippen molar-refractivity contribution in [2.24, 2.45) is 5.73 Å². The Bertz CT molecular complexity index is 125. The lowest BCUT2D eigenvalue weighted by Gasteiger charge is -1.98. The SMILES string of the molecule is N[C@@H]1CO[C@H](C(=O)O)C1. The second kappa shape index (κ2) is 2.33. The van der Waals surface area contributed by atoms with Crippen LogP contribution in [0.2, 0.25) is 0 Å². The Labute approximate surface area is 52.6 Å². The van der Waals surface area contributed by atoms with E-state index in [-0.39, 0.29) is 6.04 Å². The van der Waals surface area contributed by atoms with Crippen molar-refractivity contribution in [3.63, 3.8) is 0 Å². The van der Waals surface area contributed by atoms with Crippen LogP contribution in [0, 0.1) is 0 Å². The highest BCUT2D eigenvalue weighted by molar-refractivity contribution is 5.72. The van der Waals surface area contributed by atoms with E-state index in [0.717, 1.165) is 0 Å². The fourth-order valence-corrected chi connectivity index (χ4v) is 0.823. The van der Waals surface area contributed by atoms with Gasteiger partial charge in [-0.05, 0) is 0 Å². The van der Waals surface area contributed by atoms with Gasteiger partial charge in [0.1, 0.15) is 0 Å². The summed E-state index contributed by atoms with van der Waals surface area (Å²) in [4.78, 5) is 10.2. The van der Waals surface area contributed by atoms with Gasteiger partial charge in [0, 0.05) is 12.5 Å². The average molecular weight is 131 g/mol. The predicted molar refractivity (Wildman–Crippen MR) is 30.0 cm³/mol. The molecule has 1 aliphatic rings. The van der Waals surface area contributed by atoms with Crippen LogP contribution in [0.15, 0.2) is 0 Å². The lowest BCUT2D eigenvalue weighted by molar-refractivity contribution is -0.147. The molecule has 0 unspecified atom stereocenters. The molecule has 0 saturated carbocycles. The van der Waals surface area contributed by atoms with Gasteiger partial charge < -0.3 is 15.6 Å². The van der Waals surface area contributed by atoms with E-state index in [1.807, 2.05) is 0 Å². The minimum atomic E-state index is -0.914. The maximum absolute atomic E-state index is 10.2. The van der Waals surface area contributed by atoms with Gasteiger partial charge in [0.25, 0.3) is 0 Å². The maximum atomic E-state index is 10.2. The molecule has 1 aliphatic heterocycles. The van der Waals surface area contributed by atoms with Crippen LogP contribution in [-0.4, -0.2) is 29.8 Å². The Kier molecular flexibility index (Phi) is 1.68. The zero-order valence-corrected chi connectivity index (χ0v) is 4.91. The molecular formula is C5H9NO3. The molecule has 0 spiro atoms. The van der Waals surface area contributed by atoms with Crippen LogP contribution in [0.5, 0.6) is 0 Å². The number of hydrogen-bond acceptors (Lipinski definition) is 3. The monoisotopic (exact) mass is 131 g/mol. The molecule has 0 aromatic carbocycles. The highest BCUT2D eigenvalue weighted by Crippen LogP contribution is 2.10. The molecule has 3 N–H and O–H groups in total. The molecule has 0 radical (unpaired) electrons. The summed E-state index contributed by atoms with van der Waals surface area (Å²) in [6.45, 7) is 0.372. The van der Waals surface area contributed by atoms with Gasteiger partial charge in [-0.2, -0.15) is 0 Å². The number of aliphatic carboxylic acids is 1. The van der Waals surface area contributed by atoms with E-state index in [1.54, 1.807) is 0 Å². The summed E-state index contributed by atoms with van der Waals surface area (Å²) in [5.74, 6) is -0.914. The third-order valence-corrected chi connectivity index (χ3v) is 1.30. The van der Waals surface area contributed by atoms with Gasteiger partial charge in [-0.25, -0.2) is 4.79 Å². The van der Waals surface area contributed by atoms with E-state index < -0.39 is 12.1 Å². The highest BCUT2D eigenvalue weighted by Gasteiger charge is 2.27. The van der Waals surface area contributed by atoms with E-state index in [4.69, 9.17) is 15.6 Å². The van der Waals surface area contributed by atoms with Crippen molar-refractivity contribution < 1.29 is 14.6 Å². The van der Waals surface area contributed by atoms with E-state index in [2.05, 4.69) is 0 Å². The molecule has 0 bridgehead atoms. The largest absolute Gasteiger partial charge is 0.479 e. The van der Waals surface area contributed by atoms with Crippen molar-refractivity contribution in [2.75, 3.05) is 6.61 Å². The zero-order valence-electron chi connectivity index (χ0n) is 4.91. The summed E-state index contributed by atoms with van der Waals surface area (Å²) in [6.07, 6.45) is -0.227. The van der Waals surface area contributed by atoms with Crippen LogP contribution in [0.4, 0.5) is 0 Å². The smallest absolute Gasteiger partial charge is 0.332 e. The van der Waals surface area contributed by atoms with E-state index in [9.17, 15) is 4.79 Å². The molecule has 4 nitrogen and oxygen atoms in total. The number of hydrogen-bond donors (Lipinski definition) is 2. The number of rotatable bonds is 1. The molecule has 0 aliphatic carbocycles. The van der Waals surface area contributed by atoms with Crippen molar-refractivity contribution in [3.8, 4) is 0 Å². The first-order valence-corrected chi connectivity index (χ1v) is 2.80. The van der Waals surface area contributed by atoms with Crippen LogP contribution in [0.3, 0.4) is 0 Å². The van der Waals surface area contributed by atoms with Crippen LogP contribution in [0.25, 0.3) is 0 Å². The van der Waals surface area contributed by atoms with E-state index in [1.165, 1.54) is 0 Å². The number of ether oxygens (including phenoxy) is 1. The first-order valence-electron chi connectivity index (χ1n) is 2.80. The first-order chi connectivity index (χ1) is 4.20. The highest BCUT2D eigenvalue weighted by atomic mass is 16.5.